The average Bonchev–Trinajstić information content (AvgIpc) is 3.02. The van der Waals surface area contributed by atoms with E-state index in [1.807, 2.05) is 41.3 Å². The van der Waals surface area contributed by atoms with Crippen molar-refractivity contribution < 1.29 is 9.53 Å². The third kappa shape index (κ3) is 3.43. The Bertz CT molecular complexity index is 760. The molecule has 1 unspecified atom stereocenters. The zero-order valence-corrected chi connectivity index (χ0v) is 14.8. The van der Waals surface area contributed by atoms with Crippen LogP contribution in [0.15, 0.2) is 48.5 Å². The maximum atomic E-state index is 12.9. The molecule has 0 aromatic heterocycles. The summed E-state index contributed by atoms with van der Waals surface area (Å²) in [6.45, 7) is 4.14. The number of morpholine rings is 1. The highest BCUT2D eigenvalue weighted by Crippen LogP contribution is 2.41. The fraction of sp³-hybridized carbons (Fsp3) is 0.350. The average molecular weight is 357 g/mol. The second kappa shape index (κ2) is 7.16. The van der Waals surface area contributed by atoms with Crippen molar-refractivity contribution in [3.63, 3.8) is 0 Å². The normalized spacial score (nSPS) is 20.5. The van der Waals surface area contributed by atoms with Gasteiger partial charge >= 0.3 is 0 Å². The van der Waals surface area contributed by atoms with Crippen LogP contribution in [0.5, 0.6) is 0 Å². The highest BCUT2D eigenvalue weighted by molar-refractivity contribution is 6.30. The SMILES string of the molecule is O=C(CN1CCOCC1)N1CC(c2ccccc2)c2cc(Cl)ccc21. The van der Waals surface area contributed by atoms with Crippen LogP contribution in [-0.2, 0) is 9.53 Å². The van der Waals surface area contributed by atoms with Gasteiger partial charge in [0.1, 0.15) is 0 Å². The molecular weight excluding hydrogens is 336 g/mol. The van der Waals surface area contributed by atoms with Crippen molar-refractivity contribution in [2.75, 3.05) is 44.3 Å². The van der Waals surface area contributed by atoms with Crippen LogP contribution in [-0.4, -0.2) is 50.2 Å². The lowest BCUT2D eigenvalue weighted by molar-refractivity contribution is -0.120. The topological polar surface area (TPSA) is 32.8 Å². The predicted molar refractivity (Wildman–Crippen MR) is 99.3 cm³/mol. The Morgan fingerprint density at radius 3 is 2.64 bits per heavy atom. The molecule has 1 saturated heterocycles. The lowest BCUT2D eigenvalue weighted by atomic mass is 9.93. The molecule has 4 rings (SSSR count). The fourth-order valence-electron chi connectivity index (χ4n) is 3.67. The zero-order valence-electron chi connectivity index (χ0n) is 14.0. The smallest absolute Gasteiger partial charge is 0.241 e. The van der Waals surface area contributed by atoms with Crippen LogP contribution in [0.3, 0.4) is 0 Å². The molecule has 2 aromatic carbocycles. The molecule has 25 heavy (non-hydrogen) atoms. The molecule has 0 bridgehead atoms. The maximum Gasteiger partial charge on any atom is 0.241 e. The first-order valence-corrected chi connectivity index (χ1v) is 9.05. The number of rotatable bonds is 3. The Morgan fingerprint density at radius 2 is 1.88 bits per heavy atom. The Hall–Kier alpha value is -1.88. The summed E-state index contributed by atoms with van der Waals surface area (Å²) in [6.07, 6.45) is 0. The molecule has 1 fully saturated rings. The summed E-state index contributed by atoms with van der Waals surface area (Å²) in [6, 6.07) is 16.2. The molecule has 2 heterocycles. The molecule has 0 aliphatic carbocycles. The zero-order chi connectivity index (χ0) is 17.2. The number of anilines is 1. The number of hydrogen-bond donors (Lipinski definition) is 0. The second-order valence-electron chi connectivity index (χ2n) is 6.56. The minimum atomic E-state index is 0.143. The van der Waals surface area contributed by atoms with Crippen molar-refractivity contribution in [1.82, 2.24) is 4.90 Å². The molecule has 2 aliphatic heterocycles. The van der Waals surface area contributed by atoms with E-state index < -0.39 is 0 Å². The van der Waals surface area contributed by atoms with Crippen LogP contribution in [0.25, 0.3) is 0 Å². The summed E-state index contributed by atoms with van der Waals surface area (Å²) >= 11 is 6.23. The van der Waals surface area contributed by atoms with E-state index in [4.69, 9.17) is 16.3 Å². The molecule has 130 valence electrons. The summed E-state index contributed by atoms with van der Waals surface area (Å²) in [7, 11) is 0. The molecule has 0 radical (unpaired) electrons. The van der Waals surface area contributed by atoms with E-state index in [9.17, 15) is 4.79 Å². The maximum absolute atomic E-state index is 12.9. The number of benzene rings is 2. The van der Waals surface area contributed by atoms with E-state index in [0.717, 1.165) is 24.3 Å². The number of ether oxygens (including phenoxy) is 1. The van der Waals surface area contributed by atoms with Crippen LogP contribution in [0, 0.1) is 0 Å². The van der Waals surface area contributed by atoms with Crippen molar-refractivity contribution in [2.45, 2.75) is 5.92 Å². The van der Waals surface area contributed by atoms with Gasteiger partial charge in [-0.25, -0.2) is 0 Å². The lowest BCUT2D eigenvalue weighted by Gasteiger charge is -2.28. The standard InChI is InChI=1S/C20H21ClN2O2/c21-16-6-7-19-17(12-16)18(15-4-2-1-3-5-15)13-23(19)20(24)14-22-8-10-25-11-9-22/h1-7,12,18H,8-11,13-14H2. The quantitative estimate of drug-likeness (QED) is 0.847. The summed E-state index contributed by atoms with van der Waals surface area (Å²) in [5.41, 5.74) is 3.33. The molecule has 2 aliphatic rings. The molecule has 0 spiro atoms. The molecule has 1 amide bonds. The summed E-state index contributed by atoms with van der Waals surface area (Å²) < 4.78 is 5.37. The van der Waals surface area contributed by atoms with Gasteiger partial charge in [0.05, 0.1) is 19.8 Å². The van der Waals surface area contributed by atoms with Crippen molar-refractivity contribution in [2.24, 2.45) is 0 Å². The van der Waals surface area contributed by atoms with Gasteiger partial charge in [0.15, 0.2) is 0 Å². The summed E-state index contributed by atoms with van der Waals surface area (Å²) in [5, 5.41) is 0.710. The van der Waals surface area contributed by atoms with Crippen molar-refractivity contribution in [3.05, 3.63) is 64.7 Å². The third-order valence-corrected chi connectivity index (χ3v) is 5.22. The third-order valence-electron chi connectivity index (χ3n) is 4.99. The molecule has 4 nitrogen and oxygen atoms in total. The van der Waals surface area contributed by atoms with E-state index in [1.165, 1.54) is 5.56 Å². The van der Waals surface area contributed by atoms with Gasteiger partial charge < -0.3 is 9.64 Å². The predicted octanol–water partition coefficient (Wildman–Crippen LogP) is 3.15. The highest BCUT2D eigenvalue weighted by atomic mass is 35.5. The van der Waals surface area contributed by atoms with Crippen LogP contribution in [0.2, 0.25) is 5.02 Å². The van der Waals surface area contributed by atoms with Crippen LogP contribution < -0.4 is 4.90 Å². The van der Waals surface area contributed by atoms with Gasteiger partial charge in [-0.05, 0) is 29.3 Å². The molecule has 2 aromatic rings. The summed E-state index contributed by atoms with van der Waals surface area (Å²) in [4.78, 5) is 17.0. The number of carbonyl (C=O) groups is 1. The summed E-state index contributed by atoms with van der Waals surface area (Å²) in [5.74, 6) is 0.312. The van der Waals surface area contributed by atoms with Crippen LogP contribution in [0.1, 0.15) is 17.0 Å². The van der Waals surface area contributed by atoms with Gasteiger partial charge in [0.25, 0.3) is 0 Å². The molecule has 1 atom stereocenters. The van der Waals surface area contributed by atoms with Gasteiger partial charge in [-0.1, -0.05) is 41.9 Å². The molecule has 0 N–H and O–H groups in total. The van der Waals surface area contributed by atoms with Crippen molar-refractivity contribution in [3.8, 4) is 0 Å². The monoisotopic (exact) mass is 356 g/mol. The number of hydrogen-bond acceptors (Lipinski definition) is 3. The fourth-order valence-corrected chi connectivity index (χ4v) is 3.85. The number of carbonyl (C=O) groups excluding carboxylic acids is 1. The largest absolute Gasteiger partial charge is 0.379 e. The van der Waals surface area contributed by atoms with E-state index in [1.54, 1.807) is 0 Å². The van der Waals surface area contributed by atoms with E-state index in [-0.39, 0.29) is 11.8 Å². The van der Waals surface area contributed by atoms with Gasteiger partial charge in [-0.15, -0.1) is 0 Å². The Balaban J connectivity index is 1.60. The molecule has 5 heteroatoms. The Labute approximate surface area is 152 Å². The van der Waals surface area contributed by atoms with Gasteiger partial charge in [0.2, 0.25) is 5.91 Å². The lowest BCUT2D eigenvalue weighted by Crippen LogP contribution is -2.44. The van der Waals surface area contributed by atoms with Gasteiger partial charge in [-0.3, -0.25) is 9.69 Å². The van der Waals surface area contributed by atoms with Gasteiger partial charge in [-0.2, -0.15) is 0 Å². The van der Waals surface area contributed by atoms with Crippen molar-refractivity contribution >= 4 is 23.2 Å². The molecular formula is C20H21ClN2O2. The van der Waals surface area contributed by atoms with E-state index >= 15 is 0 Å². The highest BCUT2D eigenvalue weighted by Gasteiger charge is 2.34. The number of halogens is 1. The van der Waals surface area contributed by atoms with Gasteiger partial charge in [0, 0.05) is 36.3 Å². The minimum Gasteiger partial charge on any atom is -0.379 e. The van der Waals surface area contributed by atoms with Crippen molar-refractivity contribution in [1.29, 1.82) is 0 Å². The Morgan fingerprint density at radius 1 is 1.12 bits per heavy atom. The minimum absolute atomic E-state index is 0.143. The number of amides is 1. The van der Waals surface area contributed by atoms with Crippen LogP contribution >= 0.6 is 11.6 Å². The number of fused-ring (bicyclic) bond motifs is 1. The molecule has 0 saturated carbocycles. The first-order valence-electron chi connectivity index (χ1n) is 8.67. The Kier molecular flexibility index (Phi) is 4.75. The number of nitrogens with zero attached hydrogens (tertiary/aromatic N) is 2. The van der Waals surface area contributed by atoms with E-state index in [0.29, 0.717) is 31.3 Å². The first kappa shape index (κ1) is 16.6. The first-order chi connectivity index (χ1) is 12.2. The van der Waals surface area contributed by atoms with E-state index in [2.05, 4.69) is 17.0 Å². The second-order valence-corrected chi connectivity index (χ2v) is 7.00. The van der Waals surface area contributed by atoms with Crippen LogP contribution in [0.4, 0.5) is 5.69 Å².